The zero-order valence-electron chi connectivity index (χ0n) is 10.2. The van der Waals surface area contributed by atoms with Gasteiger partial charge in [0, 0.05) is 16.0 Å². The van der Waals surface area contributed by atoms with Gasteiger partial charge in [-0.2, -0.15) is 5.26 Å². The number of ether oxygens (including phenoxy) is 1. The summed E-state index contributed by atoms with van der Waals surface area (Å²) < 4.78 is 5.74. The molecular formula is C14H15Cl2NO. The third-order valence-corrected chi connectivity index (χ3v) is 4.13. The minimum absolute atomic E-state index is 0.168. The highest BCUT2D eigenvalue weighted by Crippen LogP contribution is 2.37. The third-order valence-electron chi connectivity index (χ3n) is 3.69. The Morgan fingerprint density at radius 3 is 2.50 bits per heavy atom. The molecule has 0 aromatic heterocycles. The molecule has 3 unspecified atom stereocenters. The van der Waals surface area contributed by atoms with Gasteiger partial charge in [0.1, 0.15) is 5.75 Å². The highest BCUT2D eigenvalue weighted by atomic mass is 35.5. The third kappa shape index (κ3) is 3.10. The van der Waals surface area contributed by atoms with Crippen LogP contribution in [0.25, 0.3) is 0 Å². The SMILES string of the molecule is CC1C(C#N)CCC1COc1cc(Cl)cc(Cl)c1. The Kier molecular flexibility index (Phi) is 4.37. The van der Waals surface area contributed by atoms with Gasteiger partial charge in [0.05, 0.1) is 12.7 Å². The Hall–Kier alpha value is -0.910. The summed E-state index contributed by atoms with van der Waals surface area (Å²) in [5.41, 5.74) is 0. The first-order chi connectivity index (χ1) is 8.60. The molecule has 96 valence electrons. The number of rotatable bonds is 3. The maximum Gasteiger partial charge on any atom is 0.122 e. The average Bonchev–Trinajstić information content (AvgIpc) is 2.66. The number of hydrogen-bond donors (Lipinski definition) is 0. The zero-order chi connectivity index (χ0) is 13.1. The molecule has 3 atom stereocenters. The summed E-state index contributed by atoms with van der Waals surface area (Å²) in [7, 11) is 0. The van der Waals surface area contributed by atoms with Crippen LogP contribution in [0.15, 0.2) is 18.2 Å². The topological polar surface area (TPSA) is 33.0 Å². The highest BCUT2D eigenvalue weighted by Gasteiger charge is 2.33. The summed E-state index contributed by atoms with van der Waals surface area (Å²) in [6.07, 6.45) is 2.02. The fourth-order valence-electron chi connectivity index (χ4n) is 2.48. The first-order valence-corrected chi connectivity index (χ1v) is 6.84. The van der Waals surface area contributed by atoms with Crippen LogP contribution in [0, 0.1) is 29.1 Å². The van der Waals surface area contributed by atoms with Crippen LogP contribution in [-0.4, -0.2) is 6.61 Å². The Morgan fingerprint density at radius 1 is 1.28 bits per heavy atom. The van der Waals surface area contributed by atoms with Crippen LogP contribution < -0.4 is 4.74 Å². The first-order valence-electron chi connectivity index (χ1n) is 6.08. The molecule has 2 nitrogen and oxygen atoms in total. The lowest BCUT2D eigenvalue weighted by Crippen LogP contribution is -2.17. The van der Waals surface area contributed by atoms with Gasteiger partial charge in [0.25, 0.3) is 0 Å². The van der Waals surface area contributed by atoms with Crippen molar-refractivity contribution in [3.63, 3.8) is 0 Å². The molecule has 1 aliphatic rings. The summed E-state index contributed by atoms with van der Waals surface area (Å²) in [4.78, 5) is 0. The van der Waals surface area contributed by atoms with Gasteiger partial charge >= 0.3 is 0 Å². The minimum Gasteiger partial charge on any atom is -0.493 e. The Bertz CT molecular complexity index is 449. The standard InChI is InChI=1S/C14H15Cl2NO/c1-9-10(7-17)2-3-11(9)8-18-14-5-12(15)4-13(16)6-14/h4-6,9-11H,2-3,8H2,1H3. The van der Waals surface area contributed by atoms with Crippen LogP contribution in [0.3, 0.4) is 0 Å². The molecule has 1 aromatic rings. The summed E-state index contributed by atoms with van der Waals surface area (Å²) >= 11 is 11.8. The molecule has 18 heavy (non-hydrogen) atoms. The summed E-state index contributed by atoms with van der Waals surface area (Å²) in [5, 5.41) is 10.1. The molecule has 0 heterocycles. The van der Waals surface area contributed by atoms with Gasteiger partial charge in [-0.05, 0) is 42.9 Å². The normalized spacial score (nSPS) is 26.9. The molecule has 0 N–H and O–H groups in total. The van der Waals surface area contributed by atoms with Crippen LogP contribution in [0.1, 0.15) is 19.8 Å². The van der Waals surface area contributed by atoms with Crippen molar-refractivity contribution in [3.05, 3.63) is 28.2 Å². The van der Waals surface area contributed by atoms with E-state index < -0.39 is 0 Å². The van der Waals surface area contributed by atoms with Crippen molar-refractivity contribution < 1.29 is 4.74 Å². The van der Waals surface area contributed by atoms with Crippen LogP contribution in [-0.2, 0) is 0 Å². The molecule has 1 aliphatic carbocycles. The van der Waals surface area contributed by atoms with Gasteiger partial charge in [-0.3, -0.25) is 0 Å². The molecule has 0 spiro atoms. The van der Waals surface area contributed by atoms with Crippen molar-refractivity contribution in [3.8, 4) is 11.8 Å². The van der Waals surface area contributed by atoms with Gasteiger partial charge in [0.15, 0.2) is 0 Å². The van der Waals surface area contributed by atoms with E-state index in [-0.39, 0.29) is 5.92 Å². The predicted molar refractivity (Wildman–Crippen MR) is 72.9 cm³/mol. The van der Waals surface area contributed by atoms with E-state index in [0.29, 0.717) is 34.2 Å². The number of nitrogens with zero attached hydrogens (tertiary/aromatic N) is 1. The van der Waals surface area contributed by atoms with Gasteiger partial charge in [-0.1, -0.05) is 30.1 Å². The molecular weight excluding hydrogens is 269 g/mol. The van der Waals surface area contributed by atoms with Crippen LogP contribution in [0.2, 0.25) is 10.0 Å². The number of hydrogen-bond acceptors (Lipinski definition) is 2. The quantitative estimate of drug-likeness (QED) is 0.815. The summed E-state index contributed by atoms with van der Waals surface area (Å²) in [6.45, 7) is 2.75. The maximum atomic E-state index is 8.99. The summed E-state index contributed by atoms with van der Waals surface area (Å²) in [6, 6.07) is 7.56. The highest BCUT2D eigenvalue weighted by molar-refractivity contribution is 6.34. The lowest BCUT2D eigenvalue weighted by atomic mass is 9.93. The number of nitriles is 1. The van der Waals surface area contributed by atoms with Gasteiger partial charge in [-0.25, -0.2) is 0 Å². The van der Waals surface area contributed by atoms with Crippen LogP contribution in [0.5, 0.6) is 5.75 Å². The van der Waals surface area contributed by atoms with Crippen molar-refractivity contribution in [1.82, 2.24) is 0 Å². The summed E-state index contributed by atoms with van der Waals surface area (Å²) in [5.74, 6) is 1.69. The van der Waals surface area contributed by atoms with E-state index in [0.717, 1.165) is 12.8 Å². The van der Waals surface area contributed by atoms with Crippen LogP contribution >= 0.6 is 23.2 Å². The lowest BCUT2D eigenvalue weighted by molar-refractivity contribution is 0.215. The van der Waals surface area contributed by atoms with Crippen molar-refractivity contribution in [2.75, 3.05) is 6.61 Å². The molecule has 0 amide bonds. The average molecular weight is 284 g/mol. The maximum absolute atomic E-state index is 8.99. The Balaban J connectivity index is 1.94. The van der Waals surface area contributed by atoms with Gasteiger partial charge in [-0.15, -0.1) is 0 Å². The number of halogens is 2. The van der Waals surface area contributed by atoms with E-state index in [1.165, 1.54) is 0 Å². The molecule has 1 saturated carbocycles. The lowest BCUT2D eigenvalue weighted by Gasteiger charge is -2.17. The monoisotopic (exact) mass is 283 g/mol. The van der Waals surface area contributed by atoms with Gasteiger partial charge < -0.3 is 4.74 Å². The Labute approximate surface area is 117 Å². The smallest absolute Gasteiger partial charge is 0.122 e. The number of benzene rings is 1. The van der Waals surface area contributed by atoms with Crippen molar-refractivity contribution >= 4 is 23.2 Å². The molecule has 2 rings (SSSR count). The minimum atomic E-state index is 0.168. The fraction of sp³-hybridized carbons (Fsp3) is 0.500. The second kappa shape index (κ2) is 5.82. The molecule has 0 saturated heterocycles. The molecule has 0 radical (unpaired) electrons. The molecule has 4 heteroatoms. The Morgan fingerprint density at radius 2 is 1.94 bits per heavy atom. The molecule has 0 aliphatic heterocycles. The molecule has 1 aromatic carbocycles. The molecule has 1 fully saturated rings. The van der Waals surface area contributed by atoms with E-state index in [1.807, 2.05) is 0 Å². The predicted octanol–water partition coefficient (Wildman–Crippen LogP) is 4.56. The second-order valence-electron chi connectivity index (χ2n) is 4.85. The van der Waals surface area contributed by atoms with Crippen molar-refractivity contribution in [2.45, 2.75) is 19.8 Å². The first kappa shape index (κ1) is 13.5. The van der Waals surface area contributed by atoms with Crippen molar-refractivity contribution in [2.24, 2.45) is 17.8 Å². The van der Waals surface area contributed by atoms with Gasteiger partial charge in [0.2, 0.25) is 0 Å². The van der Waals surface area contributed by atoms with E-state index in [4.69, 9.17) is 33.2 Å². The second-order valence-corrected chi connectivity index (χ2v) is 5.72. The van der Waals surface area contributed by atoms with Crippen molar-refractivity contribution in [1.29, 1.82) is 5.26 Å². The van der Waals surface area contributed by atoms with E-state index in [9.17, 15) is 0 Å². The van der Waals surface area contributed by atoms with E-state index in [1.54, 1.807) is 18.2 Å². The fourth-order valence-corrected chi connectivity index (χ4v) is 2.99. The zero-order valence-corrected chi connectivity index (χ0v) is 11.7. The van der Waals surface area contributed by atoms with E-state index in [2.05, 4.69) is 13.0 Å². The van der Waals surface area contributed by atoms with E-state index >= 15 is 0 Å². The molecule has 0 bridgehead atoms. The largest absolute Gasteiger partial charge is 0.493 e. The van der Waals surface area contributed by atoms with Crippen LogP contribution in [0.4, 0.5) is 0 Å².